The molecular weight excluding hydrogens is 280 g/mol. The first-order chi connectivity index (χ1) is 10.3. The first kappa shape index (κ1) is 12.7. The monoisotopic (exact) mass is 296 g/mol. The van der Waals surface area contributed by atoms with E-state index in [1.807, 2.05) is 18.2 Å². The zero-order valence-corrected chi connectivity index (χ0v) is 12.5. The Hall–Kier alpha value is -2.01. The van der Waals surface area contributed by atoms with E-state index in [0.717, 1.165) is 34.6 Å². The molecule has 1 aliphatic rings. The van der Waals surface area contributed by atoms with E-state index in [9.17, 15) is 0 Å². The lowest BCUT2D eigenvalue weighted by Crippen LogP contribution is -2.04. The Balaban J connectivity index is 1.79. The second kappa shape index (κ2) is 5.07. The number of anilines is 1. The molecule has 0 fully saturated rings. The van der Waals surface area contributed by atoms with E-state index in [0.29, 0.717) is 12.2 Å². The van der Waals surface area contributed by atoms with Crippen LogP contribution in [0.1, 0.15) is 34.8 Å². The number of nitrogens with two attached hydrogens (primary N) is 1. The Morgan fingerprint density at radius 3 is 2.90 bits per heavy atom. The van der Waals surface area contributed by atoms with E-state index in [1.165, 1.54) is 23.3 Å². The fourth-order valence-electron chi connectivity index (χ4n) is 2.98. The quantitative estimate of drug-likeness (QED) is 0.789. The Morgan fingerprint density at radius 2 is 2.05 bits per heavy atom. The molecule has 3 heterocycles. The summed E-state index contributed by atoms with van der Waals surface area (Å²) in [7, 11) is 0. The maximum absolute atomic E-state index is 6.21. The molecule has 0 bridgehead atoms. The lowest BCUT2D eigenvalue weighted by Gasteiger charge is -2.10. The van der Waals surface area contributed by atoms with E-state index in [-0.39, 0.29) is 0 Å². The summed E-state index contributed by atoms with van der Waals surface area (Å²) in [6.07, 6.45) is 7.21. The highest BCUT2D eigenvalue weighted by molar-refractivity contribution is 7.19. The molecule has 4 rings (SSSR count). The molecule has 21 heavy (non-hydrogen) atoms. The van der Waals surface area contributed by atoms with Crippen molar-refractivity contribution in [3.63, 3.8) is 0 Å². The fourth-order valence-corrected chi connectivity index (χ4v) is 4.26. The van der Waals surface area contributed by atoms with Crippen LogP contribution < -0.4 is 5.73 Å². The van der Waals surface area contributed by atoms with Gasteiger partial charge in [-0.2, -0.15) is 0 Å². The molecule has 0 saturated carbocycles. The van der Waals surface area contributed by atoms with Crippen molar-refractivity contribution >= 4 is 27.4 Å². The second-order valence-electron chi connectivity index (χ2n) is 5.41. The fraction of sp³-hybridized carbons (Fsp3) is 0.312. The van der Waals surface area contributed by atoms with Crippen LogP contribution >= 0.6 is 11.3 Å². The van der Waals surface area contributed by atoms with Gasteiger partial charge in [0, 0.05) is 16.8 Å². The number of thiophene rings is 1. The predicted molar refractivity (Wildman–Crippen MR) is 85.5 cm³/mol. The van der Waals surface area contributed by atoms with Gasteiger partial charge in [0.2, 0.25) is 0 Å². The molecule has 0 spiro atoms. The minimum absolute atomic E-state index is 0.629. The summed E-state index contributed by atoms with van der Waals surface area (Å²) in [5.74, 6) is 1.39. The molecule has 5 heteroatoms. The molecule has 3 aromatic rings. The van der Waals surface area contributed by atoms with Crippen LogP contribution in [0.5, 0.6) is 0 Å². The van der Waals surface area contributed by atoms with Crippen LogP contribution in [0.15, 0.2) is 24.4 Å². The zero-order chi connectivity index (χ0) is 14.2. The molecule has 1 aliphatic carbocycles. The predicted octanol–water partition coefficient (Wildman–Crippen LogP) is 3.14. The highest BCUT2D eigenvalue weighted by Gasteiger charge is 2.20. The molecule has 0 aromatic carbocycles. The van der Waals surface area contributed by atoms with E-state index in [1.54, 1.807) is 17.5 Å². The number of hydrogen-bond donors (Lipinski definition) is 1. The largest absolute Gasteiger partial charge is 0.383 e. The van der Waals surface area contributed by atoms with Crippen molar-refractivity contribution in [2.24, 2.45) is 0 Å². The zero-order valence-electron chi connectivity index (χ0n) is 11.7. The van der Waals surface area contributed by atoms with Crippen molar-refractivity contribution in [1.82, 2.24) is 15.0 Å². The average Bonchev–Trinajstić information content (AvgIpc) is 2.87. The van der Waals surface area contributed by atoms with Gasteiger partial charge in [0.25, 0.3) is 0 Å². The van der Waals surface area contributed by atoms with Crippen molar-refractivity contribution < 1.29 is 0 Å². The van der Waals surface area contributed by atoms with E-state index in [4.69, 9.17) is 10.7 Å². The van der Waals surface area contributed by atoms with Gasteiger partial charge in [0.15, 0.2) is 0 Å². The topological polar surface area (TPSA) is 64.7 Å². The highest BCUT2D eigenvalue weighted by Crippen LogP contribution is 2.37. The number of pyridine rings is 1. The Kier molecular flexibility index (Phi) is 3.07. The van der Waals surface area contributed by atoms with E-state index >= 15 is 0 Å². The lowest BCUT2D eigenvalue weighted by molar-refractivity contribution is 0.700. The summed E-state index contributed by atoms with van der Waals surface area (Å²) in [6, 6.07) is 5.88. The maximum Gasteiger partial charge on any atom is 0.138 e. The summed E-state index contributed by atoms with van der Waals surface area (Å²) in [5, 5.41) is 1.10. The second-order valence-corrected chi connectivity index (χ2v) is 6.50. The average molecular weight is 296 g/mol. The summed E-state index contributed by atoms with van der Waals surface area (Å²) in [6.45, 7) is 0. The summed E-state index contributed by atoms with van der Waals surface area (Å²) in [5.41, 5.74) is 8.58. The van der Waals surface area contributed by atoms with Gasteiger partial charge >= 0.3 is 0 Å². The summed E-state index contributed by atoms with van der Waals surface area (Å²) < 4.78 is 0. The van der Waals surface area contributed by atoms with Gasteiger partial charge in [-0.25, -0.2) is 9.97 Å². The number of nitrogens with zero attached hydrogens (tertiary/aromatic N) is 3. The Labute approximate surface area is 127 Å². The van der Waals surface area contributed by atoms with Crippen LogP contribution in [0.25, 0.3) is 10.2 Å². The molecular formula is C16H16N4S. The summed E-state index contributed by atoms with van der Waals surface area (Å²) in [4.78, 5) is 16.1. The molecule has 2 N–H and O–H groups in total. The molecule has 106 valence electrons. The molecule has 0 radical (unpaired) electrons. The number of nitrogen functional groups attached to an aromatic ring is 1. The van der Waals surface area contributed by atoms with Crippen LogP contribution in [0.3, 0.4) is 0 Å². The van der Waals surface area contributed by atoms with Gasteiger partial charge in [-0.15, -0.1) is 11.3 Å². The van der Waals surface area contributed by atoms with E-state index < -0.39 is 0 Å². The van der Waals surface area contributed by atoms with Gasteiger partial charge in [0.05, 0.1) is 11.8 Å². The van der Waals surface area contributed by atoms with Gasteiger partial charge in [0.1, 0.15) is 16.5 Å². The molecule has 0 unspecified atom stereocenters. The lowest BCUT2D eigenvalue weighted by atomic mass is 9.97. The van der Waals surface area contributed by atoms with Crippen LogP contribution in [0.4, 0.5) is 5.82 Å². The number of rotatable bonds is 2. The normalized spacial score (nSPS) is 14.3. The van der Waals surface area contributed by atoms with E-state index in [2.05, 4.69) is 9.97 Å². The third-order valence-corrected chi connectivity index (χ3v) is 5.14. The third-order valence-electron chi connectivity index (χ3n) is 3.95. The van der Waals surface area contributed by atoms with Crippen LogP contribution in [-0.4, -0.2) is 15.0 Å². The molecule has 0 aliphatic heterocycles. The van der Waals surface area contributed by atoms with Crippen molar-refractivity contribution in [3.8, 4) is 0 Å². The molecule has 0 atom stereocenters. The molecule has 0 saturated heterocycles. The molecule has 0 amide bonds. The van der Waals surface area contributed by atoms with Crippen LogP contribution in [-0.2, 0) is 19.3 Å². The van der Waals surface area contributed by atoms with Crippen molar-refractivity contribution in [3.05, 3.63) is 46.4 Å². The number of aryl methyl sites for hydroxylation is 2. The minimum atomic E-state index is 0.629. The van der Waals surface area contributed by atoms with Crippen molar-refractivity contribution in [2.75, 3.05) is 5.73 Å². The highest BCUT2D eigenvalue weighted by atomic mass is 32.1. The third kappa shape index (κ3) is 2.27. The smallest absolute Gasteiger partial charge is 0.138 e. The SMILES string of the molecule is Nc1nc(Cc2ccccn2)nc2sc3c(c12)CCCC3. The van der Waals surface area contributed by atoms with Gasteiger partial charge in [-0.1, -0.05) is 6.07 Å². The Morgan fingerprint density at radius 1 is 1.14 bits per heavy atom. The molecule has 3 aromatic heterocycles. The Bertz CT molecular complexity index is 795. The first-order valence-corrected chi connectivity index (χ1v) is 8.09. The number of aromatic nitrogens is 3. The first-order valence-electron chi connectivity index (χ1n) is 7.28. The van der Waals surface area contributed by atoms with Crippen molar-refractivity contribution in [2.45, 2.75) is 32.1 Å². The number of fused-ring (bicyclic) bond motifs is 3. The van der Waals surface area contributed by atoms with Crippen LogP contribution in [0.2, 0.25) is 0 Å². The minimum Gasteiger partial charge on any atom is -0.383 e. The van der Waals surface area contributed by atoms with Gasteiger partial charge in [-0.05, 0) is 43.4 Å². The van der Waals surface area contributed by atoms with Gasteiger partial charge < -0.3 is 5.73 Å². The summed E-state index contributed by atoms with van der Waals surface area (Å²) >= 11 is 1.79. The molecule has 4 nitrogen and oxygen atoms in total. The van der Waals surface area contributed by atoms with Gasteiger partial charge in [-0.3, -0.25) is 4.98 Å². The maximum atomic E-state index is 6.21. The standard InChI is InChI=1S/C16H16N4S/c17-15-14-11-6-1-2-7-12(11)21-16(14)20-13(19-15)9-10-5-3-4-8-18-10/h3-5,8H,1-2,6-7,9H2,(H2,17,19,20). The number of hydrogen-bond acceptors (Lipinski definition) is 5. The van der Waals surface area contributed by atoms with Crippen LogP contribution in [0, 0.1) is 0 Å². The van der Waals surface area contributed by atoms with Crippen molar-refractivity contribution in [1.29, 1.82) is 0 Å².